The number of carbonyl (C=O) groups is 2. The summed E-state index contributed by atoms with van der Waals surface area (Å²) < 4.78 is 0. The SMILES string of the molecule is CC(=O)N1CCC[C@H]1C(=O)NCc1ccnc(N2CCCC2)c1. The molecule has 1 aromatic rings. The zero-order valence-electron chi connectivity index (χ0n) is 13.6. The first-order valence-electron chi connectivity index (χ1n) is 8.40. The van der Waals surface area contributed by atoms with Gasteiger partial charge >= 0.3 is 0 Å². The van der Waals surface area contributed by atoms with Gasteiger partial charge in [0.25, 0.3) is 0 Å². The predicted octanol–water partition coefficient (Wildman–Crippen LogP) is 1.31. The van der Waals surface area contributed by atoms with Crippen molar-refractivity contribution >= 4 is 17.6 Å². The highest BCUT2D eigenvalue weighted by molar-refractivity contribution is 5.87. The van der Waals surface area contributed by atoms with Crippen molar-refractivity contribution in [1.29, 1.82) is 0 Å². The van der Waals surface area contributed by atoms with Crippen LogP contribution in [0.1, 0.15) is 38.2 Å². The van der Waals surface area contributed by atoms with Gasteiger partial charge in [-0.2, -0.15) is 0 Å². The summed E-state index contributed by atoms with van der Waals surface area (Å²) in [6, 6.07) is 3.66. The molecule has 0 aromatic carbocycles. The monoisotopic (exact) mass is 316 g/mol. The molecule has 1 N–H and O–H groups in total. The summed E-state index contributed by atoms with van der Waals surface area (Å²) in [6.07, 6.45) is 5.87. The minimum absolute atomic E-state index is 0.0251. The first-order chi connectivity index (χ1) is 11.1. The molecule has 0 spiro atoms. The molecule has 0 bridgehead atoms. The number of hydrogen-bond donors (Lipinski definition) is 1. The van der Waals surface area contributed by atoms with E-state index in [1.807, 2.05) is 12.1 Å². The number of nitrogens with zero attached hydrogens (tertiary/aromatic N) is 3. The molecule has 6 nitrogen and oxygen atoms in total. The average molecular weight is 316 g/mol. The van der Waals surface area contributed by atoms with Gasteiger partial charge in [0.1, 0.15) is 11.9 Å². The van der Waals surface area contributed by atoms with E-state index >= 15 is 0 Å². The number of nitrogens with one attached hydrogen (secondary N) is 1. The Balaban J connectivity index is 1.58. The normalized spacial score (nSPS) is 20.8. The molecule has 0 saturated carbocycles. The van der Waals surface area contributed by atoms with Crippen molar-refractivity contribution in [2.45, 2.75) is 45.2 Å². The summed E-state index contributed by atoms with van der Waals surface area (Å²) >= 11 is 0. The second-order valence-corrected chi connectivity index (χ2v) is 6.30. The standard InChI is InChI=1S/C17H24N4O2/c1-13(22)21-10-4-5-15(21)17(23)19-12-14-6-7-18-16(11-14)20-8-2-3-9-20/h6-7,11,15H,2-5,8-10,12H2,1H3,(H,19,23)/t15-/m0/s1. The lowest BCUT2D eigenvalue weighted by Crippen LogP contribution is -2.44. The lowest BCUT2D eigenvalue weighted by molar-refractivity contribution is -0.136. The molecule has 124 valence electrons. The van der Waals surface area contributed by atoms with Crippen LogP contribution in [0, 0.1) is 0 Å². The second-order valence-electron chi connectivity index (χ2n) is 6.30. The molecule has 0 aliphatic carbocycles. The Morgan fingerprint density at radius 1 is 1.26 bits per heavy atom. The number of anilines is 1. The summed E-state index contributed by atoms with van der Waals surface area (Å²) in [6.45, 7) is 4.79. The molecule has 23 heavy (non-hydrogen) atoms. The Morgan fingerprint density at radius 3 is 2.78 bits per heavy atom. The zero-order valence-corrected chi connectivity index (χ0v) is 13.6. The number of rotatable bonds is 4. The third kappa shape index (κ3) is 3.63. The summed E-state index contributed by atoms with van der Waals surface area (Å²) in [7, 11) is 0. The fourth-order valence-electron chi connectivity index (χ4n) is 3.41. The van der Waals surface area contributed by atoms with Crippen LogP contribution in [0.25, 0.3) is 0 Å². The van der Waals surface area contributed by atoms with Crippen molar-refractivity contribution in [3.05, 3.63) is 23.9 Å². The van der Waals surface area contributed by atoms with E-state index in [2.05, 4.69) is 15.2 Å². The minimum atomic E-state index is -0.313. The van der Waals surface area contributed by atoms with Crippen molar-refractivity contribution < 1.29 is 9.59 Å². The molecule has 0 radical (unpaired) electrons. The van der Waals surface area contributed by atoms with Crippen molar-refractivity contribution in [2.24, 2.45) is 0 Å². The summed E-state index contributed by atoms with van der Waals surface area (Å²) in [5.74, 6) is 0.903. The quantitative estimate of drug-likeness (QED) is 0.909. The van der Waals surface area contributed by atoms with Crippen LogP contribution in [0.15, 0.2) is 18.3 Å². The Hall–Kier alpha value is -2.11. The van der Waals surface area contributed by atoms with E-state index in [1.54, 1.807) is 11.1 Å². The summed E-state index contributed by atoms with van der Waals surface area (Å²) in [5, 5.41) is 2.96. The van der Waals surface area contributed by atoms with E-state index in [4.69, 9.17) is 0 Å². The van der Waals surface area contributed by atoms with E-state index in [-0.39, 0.29) is 17.9 Å². The van der Waals surface area contributed by atoms with Crippen LogP contribution >= 0.6 is 0 Å². The van der Waals surface area contributed by atoms with Crippen LogP contribution in [0.5, 0.6) is 0 Å². The van der Waals surface area contributed by atoms with E-state index < -0.39 is 0 Å². The van der Waals surface area contributed by atoms with Crippen LogP contribution in [0.3, 0.4) is 0 Å². The molecule has 2 saturated heterocycles. The molecule has 2 amide bonds. The fraction of sp³-hybridized carbons (Fsp3) is 0.588. The van der Waals surface area contributed by atoms with Gasteiger partial charge in [-0.05, 0) is 43.4 Å². The maximum atomic E-state index is 12.3. The molecule has 2 fully saturated rings. The molecule has 0 unspecified atom stereocenters. The van der Waals surface area contributed by atoms with Crippen molar-refractivity contribution in [2.75, 3.05) is 24.5 Å². The smallest absolute Gasteiger partial charge is 0.243 e. The average Bonchev–Trinajstić information content (AvgIpc) is 3.23. The van der Waals surface area contributed by atoms with E-state index in [9.17, 15) is 9.59 Å². The van der Waals surface area contributed by atoms with Gasteiger partial charge in [-0.15, -0.1) is 0 Å². The summed E-state index contributed by atoms with van der Waals surface area (Å²) in [5.41, 5.74) is 1.04. The molecule has 2 aliphatic heterocycles. The molecule has 1 aromatic heterocycles. The van der Waals surface area contributed by atoms with Crippen molar-refractivity contribution in [3.8, 4) is 0 Å². The van der Waals surface area contributed by atoms with Crippen LogP contribution < -0.4 is 10.2 Å². The van der Waals surface area contributed by atoms with Crippen molar-refractivity contribution in [1.82, 2.24) is 15.2 Å². The fourth-order valence-corrected chi connectivity index (χ4v) is 3.41. The highest BCUT2D eigenvalue weighted by Gasteiger charge is 2.32. The highest BCUT2D eigenvalue weighted by Crippen LogP contribution is 2.19. The third-order valence-corrected chi connectivity index (χ3v) is 4.67. The molecular formula is C17H24N4O2. The Morgan fingerprint density at radius 2 is 2.04 bits per heavy atom. The first-order valence-corrected chi connectivity index (χ1v) is 8.40. The first kappa shape index (κ1) is 15.8. The molecular weight excluding hydrogens is 292 g/mol. The molecule has 2 aliphatic rings. The number of hydrogen-bond acceptors (Lipinski definition) is 4. The Labute approximate surface area is 136 Å². The number of aromatic nitrogens is 1. The zero-order chi connectivity index (χ0) is 16.2. The van der Waals surface area contributed by atoms with Crippen LogP contribution in [-0.4, -0.2) is 47.4 Å². The topological polar surface area (TPSA) is 65.5 Å². The number of carbonyl (C=O) groups excluding carboxylic acids is 2. The Bertz CT molecular complexity index is 584. The molecule has 6 heteroatoms. The van der Waals surface area contributed by atoms with E-state index in [1.165, 1.54) is 19.8 Å². The highest BCUT2D eigenvalue weighted by atomic mass is 16.2. The van der Waals surface area contributed by atoms with Gasteiger partial charge in [-0.3, -0.25) is 9.59 Å². The number of amides is 2. The van der Waals surface area contributed by atoms with E-state index in [0.29, 0.717) is 13.1 Å². The molecule has 3 rings (SSSR count). The lowest BCUT2D eigenvalue weighted by Gasteiger charge is -2.22. The predicted molar refractivity (Wildman–Crippen MR) is 87.9 cm³/mol. The van der Waals surface area contributed by atoms with Crippen LogP contribution in [0.2, 0.25) is 0 Å². The number of pyridine rings is 1. The van der Waals surface area contributed by atoms with E-state index in [0.717, 1.165) is 37.3 Å². The Kier molecular flexibility index (Phi) is 4.79. The van der Waals surface area contributed by atoms with Crippen molar-refractivity contribution in [3.63, 3.8) is 0 Å². The van der Waals surface area contributed by atoms with Gasteiger partial charge in [0.05, 0.1) is 0 Å². The van der Waals surface area contributed by atoms with Crippen LogP contribution in [0.4, 0.5) is 5.82 Å². The minimum Gasteiger partial charge on any atom is -0.357 e. The van der Waals surface area contributed by atoms with Gasteiger partial charge in [-0.1, -0.05) is 0 Å². The van der Waals surface area contributed by atoms with Gasteiger partial charge in [0.15, 0.2) is 0 Å². The van der Waals surface area contributed by atoms with Gasteiger partial charge in [0.2, 0.25) is 11.8 Å². The molecule has 1 atom stereocenters. The number of likely N-dealkylation sites (tertiary alicyclic amines) is 1. The third-order valence-electron chi connectivity index (χ3n) is 4.67. The second kappa shape index (κ2) is 6.98. The maximum Gasteiger partial charge on any atom is 0.243 e. The van der Waals surface area contributed by atoms with Gasteiger partial charge < -0.3 is 15.1 Å². The maximum absolute atomic E-state index is 12.3. The van der Waals surface area contributed by atoms with Gasteiger partial charge in [0, 0.05) is 39.3 Å². The van der Waals surface area contributed by atoms with Crippen LogP contribution in [-0.2, 0) is 16.1 Å². The summed E-state index contributed by atoms with van der Waals surface area (Å²) in [4.78, 5) is 32.3. The molecule has 3 heterocycles. The lowest BCUT2D eigenvalue weighted by atomic mass is 10.2. The van der Waals surface area contributed by atoms with Gasteiger partial charge in [-0.25, -0.2) is 4.98 Å². The largest absolute Gasteiger partial charge is 0.357 e.